The highest BCUT2D eigenvalue weighted by Crippen LogP contribution is 2.31. The molecule has 1 aliphatic carbocycles. The molecule has 1 saturated heterocycles. The predicted molar refractivity (Wildman–Crippen MR) is 103 cm³/mol. The number of aromatic nitrogens is 2. The van der Waals surface area contributed by atoms with E-state index in [1.54, 1.807) is 10.4 Å². The maximum absolute atomic E-state index is 13.0. The minimum absolute atomic E-state index is 0.117. The van der Waals surface area contributed by atoms with Crippen molar-refractivity contribution in [2.24, 2.45) is 5.92 Å². The van der Waals surface area contributed by atoms with E-state index in [1.807, 2.05) is 26.0 Å². The summed E-state index contributed by atoms with van der Waals surface area (Å²) in [5.41, 5.74) is 1.73. The van der Waals surface area contributed by atoms with Crippen LogP contribution in [0.1, 0.15) is 54.4 Å². The summed E-state index contributed by atoms with van der Waals surface area (Å²) in [6.45, 7) is 5.78. The molecule has 2 aliphatic rings. The molecule has 28 heavy (non-hydrogen) atoms. The van der Waals surface area contributed by atoms with Gasteiger partial charge in [0.1, 0.15) is 6.61 Å². The molecule has 0 bridgehead atoms. The van der Waals surface area contributed by atoms with E-state index in [9.17, 15) is 8.42 Å². The van der Waals surface area contributed by atoms with Crippen molar-refractivity contribution in [3.05, 3.63) is 41.0 Å². The van der Waals surface area contributed by atoms with Crippen LogP contribution in [-0.2, 0) is 21.4 Å². The second-order valence-corrected chi connectivity index (χ2v) is 9.86. The number of benzene rings is 1. The molecule has 0 unspecified atom stereocenters. The van der Waals surface area contributed by atoms with Crippen LogP contribution in [-0.4, -0.2) is 42.6 Å². The smallest absolute Gasteiger partial charge is 0.252 e. The number of aryl methyl sites for hydroxylation is 2. The number of rotatable bonds is 7. The van der Waals surface area contributed by atoms with Crippen molar-refractivity contribution in [1.82, 2.24) is 14.4 Å². The molecule has 1 aliphatic heterocycles. The Hall–Kier alpha value is -1.77. The lowest BCUT2D eigenvalue weighted by atomic mass is 9.98. The predicted octanol–water partition coefficient (Wildman–Crippen LogP) is 3.18. The van der Waals surface area contributed by atoms with Crippen LogP contribution in [0.5, 0.6) is 0 Å². The van der Waals surface area contributed by atoms with E-state index in [4.69, 9.17) is 9.26 Å². The highest BCUT2D eigenvalue weighted by Gasteiger charge is 2.32. The summed E-state index contributed by atoms with van der Waals surface area (Å²) in [6.07, 6.45) is 3.87. The number of hydrogen-bond acceptors (Lipinski definition) is 6. The third kappa shape index (κ3) is 4.29. The second kappa shape index (κ2) is 7.93. The lowest BCUT2D eigenvalue weighted by Crippen LogP contribution is -2.38. The molecule has 1 aromatic carbocycles. The molecule has 7 nitrogen and oxygen atoms in total. The monoisotopic (exact) mass is 405 g/mol. The van der Waals surface area contributed by atoms with Gasteiger partial charge in [-0.05, 0) is 62.6 Å². The van der Waals surface area contributed by atoms with Crippen LogP contribution in [0.2, 0.25) is 0 Å². The van der Waals surface area contributed by atoms with Crippen molar-refractivity contribution >= 4 is 10.0 Å². The fraction of sp³-hybridized carbons (Fsp3) is 0.600. The van der Waals surface area contributed by atoms with E-state index in [-0.39, 0.29) is 5.92 Å². The van der Waals surface area contributed by atoms with Crippen LogP contribution >= 0.6 is 0 Å². The van der Waals surface area contributed by atoms with Gasteiger partial charge >= 0.3 is 0 Å². The van der Waals surface area contributed by atoms with Crippen molar-refractivity contribution in [3.8, 4) is 0 Å². The third-order valence-corrected chi connectivity index (χ3v) is 7.58. The third-order valence-electron chi connectivity index (χ3n) is 5.54. The maximum Gasteiger partial charge on any atom is 0.252 e. The van der Waals surface area contributed by atoms with Crippen molar-refractivity contribution in [2.45, 2.75) is 57.0 Å². The number of piperidine rings is 1. The van der Waals surface area contributed by atoms with Gasteiger partial charge in [0.15, 0.2) is 5.82 Å². The molecular formula is C20H27N3O4S. The Kier molecular flexibility index (Phi) is 5.53. The van der Waals surface area contributed by atoms with Crippen LogP contribution in [0.4, 0.5) is 0 Å². The second-order valence-electron chi connectivity index (χ2n) is 7.95. The summed E-state index contributed by atoms with van der Waals surface area (Å²) >= 11 is 0. The van der Waals surface area contributed by atoms with Gasteiger partial charge in [-0.2, -0.15) is 9.29 Å². The molecule has 1 saturated carbocycles. The number of sulfonamides is 1. The van der Waals surface area contributed by atoms with Gasteiger partial charge in [0.05, 0.1) is 11.5 Å². The van der Waals surface area contributed by atoms with E-state index in [0.717, 1.165) is 17.7 Å². The number of ether oxygens (including phenoxy) is 1. The highest BCUT2D eigenvalue weighted by atomic mass is 32.2. The number of nitrogens with zero attached hydrogens (tertiary/aromatic N) is 3. The van der Waals surface area contributed by atoms with Crippen LogP contribution in [0.25, 0.3) is 0 Å². The molecule has 152 valence electrons. The van der Waals surface area contributed by atoms with Gasteiger partial charge in [0, 0.05) is 19.0 Å². The van der Waals surface area contributed by atoms with Crippen LogP contribution in [0.15, 0.2) is 27.6 Å². The highest BCUT2D eigenvalue weighted by molar-refractivity contribution is 7.89. The first-order valence-corrected chi connectivity index (χ1v) is 11.3. The Morgan fingerprint density at radius 2 is 1.93 bits per heavy atom. The molecule has 0 amide bonds. The molecule has 8 heteroatoms. The zero-order valence-electron chi connectivity index (χ0n) is 16.4. The molecule has 1 aromatic heterocycles. The van der Waals surface area contributed by atoms with E-state index >= 15 is 0 Å². The standard InChI is InChI=1S/C20H27N3O4S/c1-14-3-4-15(2)18(11-14)28(24,25)23-9-7-17(8-10-23)20-21-19(27-22-20)13-26-12-16-5-6-16/h3-4,11,16-17H,5-10,12-13H2,1-2H3. The summed E-state index contributed by atoms with van der Waals surface area (Å²) in [7, 11) is -3.48. The van der Waals surface area contributed by atoms with Crippen LogP contribution < -0.4 is 0 Å². The molecular weight excluding hydrogens is 378 g/mol. The summed E-state index contributed by atoms with van der Waals surface area (Å²) in [5.74, 6) is 1.98. The fourth-order valence-electron chi connectivity index (χ4n) is 3.57. The zero-order chi connectivity index (χ0) is 19.7. The minimum atomic E-state index is -3.48. The van der Waals surface area contributed by atoms with Crippen molar-refractivity contribution in [2.75, 3.05) is 19.7 Å². The summed E-state index contributed by atoms with van der Waals surface area (Å²) in [6, 6.07) is 5.55. The Labute approximate surface area is 166 Å². The van der Waals surface area contributed by atoms with Crippen LogP contribution in [0, 0.1) is 19.8 Å². The summed E-state index contributed by atoms with van der Waals surface area (Å²) in [5, 5.41) is 4.09. The fourth-order valence-corrected chi connectivity index (χ4v) is 5.35. The van der Waals surface area contributed by atoms with E-state index in [1.165, 1.54) is 12.8 Å². The quantitative estimate of drug-likeness (QED) is 0.703. The zero-order valence-corrected chi connectivity index (χ0v) is 17.2. The minimum Gasteiger partial charge on any atom is -0.371 e. The van der Waals surface area contributed by atoms with Gasteiger partial charge in [0.2, 0.25) is 10.0 Å². The average molecular weight is 406 g/mol. The Morgan fingerprint density at radius 3 is 2.64 bits per heavy atom. The van der Waals surface area contributed by atoms with Gasteiger partial charge in [-0.3, -0.25) is 0 Å². The van der Waals surface area contributed by atoms with E-state index in [2.05, 4.69) is 10.1 Å². The van der Waals surface area contributed by atoms with Crippen molar-refractivity contribution in [3.63, 3.8) is 0 Å². The summed E-state index contributed by atoms with van der Waals surface area (Å²) < 4.78 is 38.6. The van der Waals surface area contributed by atoms with Gasteiger partial charge < -0.3 is 9.26 Å². The lowest BCUT2D eigenvalue weighted by molar-refractivity contribution is 0.0894. The van der Waals surface area contributed by atoms with Gasteiger partial charge in [-0.1, -0.05) is 17.3 Å². The first-order chi connectivity index (χ1) is 13.4. The van der Waals surface area contributed by atoms with Gasteiger partial charge in [0.25, 0.3) is 5.89 Å². The SMILES string of the molecule is Cc1ccc(C)c(S(=O)(=O)N2CCC(c3noc(COCC4CC4)n3)CC2)c1. The Bertz CT molecular complexity index is 929. The topological polar surface area (TPSA) is 85.5 Å². The molecule has 0 radical (unpaired) electrons. The molecule has 2 heterocycles. The Morgan fingerprint density at radius 1 is 1.18 bits per heavy atom. The summed E-state index contributed by atoms with van der Waals surface area (Å²) in [4.78, 5) is 4.85. The van der Waals surface area contributed by atoms with Crippen molar-refractivity contribution in [1.29, 1.82) is 0 Å². The molecule has 0 atom stereocenters. The first-order valence-electron chi connectivity index (χ1n) is 9.91. The largest absolute Gasteiger partial charge is 0.371 e. The molecule has 0 spiro atoms. The maximum atomic E-state index is 13.0. The van der Waals surface area contributed by atoms with Crippen LogP contribution in [0.3, 0.4) is 0 Å². The Balaban J connectivity index is 1.36. The van der Waals surface area contributed by atoms with E-state index < -0.39 is 10.0 Å². The molecule has 4 rings (SSSR count). The first kappa shape index (κ1) is 19.5. The molecule has 2 aromatic rings. The lowest BCUT2D eigenvalue weighted by Gasteiger charge is -2.30. The normalized spacial score (nSPS) is 19.2. The molecule has 0 N–H and O–H groups in total. The average Bonchev–Trinajstić information content (AvgIpc) is 3.39. The van der Waals surface area contributed by atoms with Crippen molar-refractivity contribution < 1.29 is 17.7 Å². The van der Waals surface area contributed by atoms with Gasteiger partial charge in [-0.25, -0.2) is 8.42 Å². The molecule has 2 fully saturated rings. The number of hydrogen-bond donors (Lipinski definition) is 0. The van der Waals surface area contributed by atoms with Gasteiger partial charge in [-0.15, -0.1) is 0 Å². The van der Waals surface area contributed by atoms with E-state index in [0.29, 0.717) is 55.1 Å².